The molecule has 3 heterocycles. The lowest BCUT2D eigenvalue weighted by Gasteiger charge is -2.25. The van der Waals surface area contributed by atoms with Crippen molar-refractivity contribution in [1.29, 1.82) is 0 Å². The van der Waals surface area contributed by atoms with Crippen molar-refractivity contribution in [3.8, 4) is 11.5 Å². The average Bonchev–Trinajstić information content (AvgIpc) is 3.10. The number of fused-ring (bicyclic) bond motifs is 2. The second-order valence-corrected chi connectivity index (χ2v) is 6.86. The zero-order valence-electron chi connectivity index (χ0n) is 13.7. The van der Waals surface area contributed by atoms with E-state index in [-0.39, 0.29) is 24.5 Å². The third-order valence-corrected chi connectivity index (χ3v) is 4.85. The number of carbonyl (C=O) groups excluding carboxylic acids is 1. The van der Waals surface area contributed by atoms with Crippen LogP contribution in [-0.4, -0.2) is 22.5 Å². The zero-order chi connectivity index (χ0) is 17.0. The van der Waals surface area contributed by atoms with Crippen LogP contribution in [-0.2, 0) is 11.8 Å². The van der Waals surface area contributed by atoms with E-state index < -0.39 is 0 Å². The van der Waals surface area contributed by atoms with Gasteiger partial charge in [-0.05, 0) is 17.5 Å². The third-order valence-electron chi connectivity index (χ3n) is 4.52. The molecule has 0 radical (unpaired) electrons. The number of ether oxygens (including phenoxy) is 2. The van der Waals surface area contributed by atoms with E-state index in [2.05, 4.69) is 24.3 Å². The highest BCUT2D eigenvalue weighted by atomic mass is 35.5. The van der Waals surface area contributed by atoms with Crippen molar-refractivity contribution in [3.05, 3.63) is 34.0 Å². The maximum Gasteiger partial charge on any atom is 0.231 e. The Morgan fingerprint density at radius 2 is 2.04 bits per heavy atom. The van der Waals surface area contributed by atoms with Crippen LogP contribution in [0.3, 0.4) is 0 Å². The Morgan fingerprint density at radius 1 is 1.33 bits per heavy atom. The number of nitrogens with zero attached hydrogens (tertiary/aromatic N) is 2. The Hall–Kier alpha value is -2.21. The van der Waals surface area contributed by atoms with Gasteiger partial charge in [0.25, 0.3) is 0 Å². The van der Waals surface area contributed by atoms with Gasteiger partial charge < -0.3 is 14.8 Å². The summed E-state index contributed by atoms with van der Waals surface area (Å²) in [6.45, 7) is 4.38. The molecular weight excluding hydrogens is 330 g/mol. The smallest absolute Gasteiger partial charge is 0.231 e. The first kappa shape index (κ1) is 15.3. The molecule has 0 fully saturated rings. The monoisotopic (exact) mass is 347 g/mol. The van der Waals surface area contributed by atoms with Crippen LogP contribution in [0.25, 0.3) is 0 Å². The fourth-order valence-electron chi connectivity index (χ4n) is 3.42. The number of nitrogens with one attached hydrogen (secondary N) is 1. The predicted octanol–water partition coefficient (Wildman–Crippen LogP) is 3.40. The van der Waals surface area contributed by atoms with Crippen molar-refractivity contribution in [1.82, 2.24) is 9.78 Å². The van der Waals surface area contributed by atoms with Gasteiger partial charge in [0.15, 0.2) is 11.5 Å². The van der Waals surface area contributed by atoms with Gasteiger partial charge in [-0.3, -0.25) is 9.48 Å². The maximum absolute atomic E-state index is 12.2. The number of halogens is 1. The zero-order valence-corrected chi connectivity index (χ0v) is 14.5. The molecule has 24 heavy (non-hydrogen) atoms. The van der Waals surface area contributed by atoms with Gasteiger partial charge >= 0.3 is 0 Å². The Labute approximate surface area is 144 Å². The predicted molar refractivity (Wildman–Crippen MR) is 90.0 cm³/mol. The number of hydrogen-bond donors (Lipinski definition) is 1. The molecule has 1 atom stereocenters. The lowest BCUT2D eigenvalue weighted by Crippen LogP contribution is -2.25. The summed E-state index contributed by atoms with van der Waals surface area (Å²) < 4.78 is 12.6. The van der Waals surface area contributed by atoms with Crippen molar-refractivity contribution in [3.63, 3.8) is 0 Å². The molecule has 1 N–H and O–H groups in total. The van der Waals surface area contributed by atoms with Crippen LogP contribution in [0.5, 0.6) is 11.5 Å². The van der Waals surface area contributed by atoms with E-state index in [1.54, 1.807) is 10.7 Å². The Bertz CT molecular complexity index is 844. The van der Waals surface area contributed by atoms with Crippen molar-refractivity contribution in [2.45, 2.75) is 32.1 Å². The minimum Gasteiger partial charge on any atom is -0.454 e. The number of carbonyl (C=O) groups is 1. The van der Waals surface area contributed by atoms with Gasteiger partial charge in [-0.1, -0.05) is 25.4 Å². The molecule has 0 spiro atoms. The van der Waals surface area contributed by atoms with E-state index in [9.17, 15) is 4.79 Å². The molecule has 0 bridgehead atoms. The standard InChI is InChI=1S/C17H18ClN3O3/c1-8(2)16-15-10(5-14(22)19-17(15)21(3)20-16)9-4-12-13(6-11(9)18)24-7-23-12/h4,6,8,10H,5,7H2,1-3H3,(H,19,22). The number of aryl methyl sites for hydroxylation is 1. The summed E-state index contributed by atoms with van der Waals surface area (Å²) in [7, 11) is 1.84. The molecule has 0 saturated heterocycles. The van der Waals surface area contributed by atoms with Gasteiger partial charge in [0, 0.05) is 36.0 Å². The van der Waals surface area contributed by atoms with Gasteiger partial charge in [-0.15, -0.1) is 0 Å². The van der Waals surface area contributed by atoms with Crippen LogP contribution in [0, 0.1) is 0 Å². The second-order valence-electron chi connectivity index (χ2n) is 6.46. The van der Waals surface area contributed by atoms with E-state index in [0.29, 0.717) is 22.9 Å². The molecule has 0 aliphatic carbocycles. The van der Waals surface area contributed by atoms with Crippen LogP contribution in [0.15, 0.2) is 12.1 Å². The van der Waals surface area contributed by atoms with Crippen LogP contribution in [0.2, 0.25) is 5.02 Å². The molecule has 1 unspecified atom stereocenters. The Kier molecular flexibility index (Phi) is 3.46. The van der Waals surface area contributed by atoms with E-state index >= 15 is 0 Å². The maximum atomic E-state index is 12.2. The average molecular weight is 348 g/mol. The largest absolute Gasteiger partial charge is 0.454 e. The molecule has 2 aromatic rings. The van der Waals surface area contributed by atoms with E-state index in [0.717, 1.165) is 22.6 Å². The first-order chi connectivity index (χ1) is 11.5. The first-order valence-corrected chi connectivity index (χ1v) is 8.29. The summed E-state index contributed by atoms with van der Waals surface area (Å²) in [4.78, 5) is 12.2. The number of benzene rings is 1. The topological polar surface area (TPSA) is 65.4 Å². The van der Waals surface area contributed by atoms with Crippen LogP contribution < -0.4 is 14.8 Å². The number of rotatable bonds is 2. The molecule has 1 aromatic heterocycles. The Balaban J connectivity index is 1.90. The van der Waals surface area contributed by atoms with E-state index in [1.807, 2.05) is 13.1 Å². The number of hydrogen-bond acceptors (Lipinski definition) is 4. The summed E-state index contributed by atoms with van der Waals surface area (Å²) in [5, 5.41) is 8.12. The normalized spacial score (nSPS) is 18.7. The van der Waals surface area contributed by atoms with E-state index in [1.165, 1.54) is 0 Å². The molecule has 2 aliphatic rings. The molecule has 0 saturated carbocycles. The van der Waals surface area contributed by atoms with Crippen LogP contribution >= 0.6 is 11.6 Å². The van der Waals surface area contributed by atoms with Gasteiger partial charge in [0.1, 0.15) is 5.82 Å². The summed E-state index contributed by atoms with van der Waals surface area (Å²) in [5.41, 5.74) is 2.88. The highest BCUT2D eigenvalue weighted by Gasteiger charge is 2.35. The summed E-state index contributed by atoms with van der Waals surface area (Å²) in [6, 6.07) is 3.64. The van der Waals surface area contributed by atoms with Crippen LogP contribution in [0.1, 0.15) is 48.9 Å². The van der Waals surface area contributed by atoms with E-state index in [4.69, 9.17) is 21.1 Å². The molecule has 2 aliphatic heterocycles. The van der Waals surface area contributed by atoms with Gasteiger partial charge in [-0.2, -0.15) is 5.10 Å². The first-order valence-electron chi connectivity index (χ1n) is 7.91. The van der Waals surface area contributed by atoms with Gasteiger partial charge in [-0.25, -0.2) is 0 Å². The number of amides is 1. The van der Waals surface area contributed by atoms with Crippen molar-refractivity contribution >= 4 is 23.3 Å². The molecule has 4 rings (SSSR count). The van der Waals surface area contributed by atoms with Gasteiger partial charge in [0.05, 0.1) is 5.69 Å². The molecule has 6 nitrogen and oxygen atoms in total. The van der Waals surface area contributed by atoms with Crippen molar-refractivity contribution in [2.24, 2.45) is 7.05 Å². The number of aromatic nitrogens is 2. The summed E-state index contributed by atoms with van der Waals surface area (Å²) >= 11 is 6.50. The molecular formula is C17H18ClN3O3. The lowest BCUT2D eigenvalue weighted by atomic mass is 9.83. The summed E-state index contributed by atoms with van der Waals surface area (Å²) in [5.74, 6) is 2.09. The third kappa shape index (κ3) is 2.24. The summed E-state index contributed by atoms with van der Waals surface area (Å²) in [6.07, 6.45) is 0.331. The van der Waals surface area contributed by atoms with Crippen molar-refractivity contribution in [2.75, 3.05) is 12.1 Å². The van der Waals surface area contributed by atoms with Crippen LogP contribution in [0.4, 0.5) is 5.82 Å². The molecule has 1 aromatic carbocycles. The Morgan fingerprint density at radius 3 is 2.75 bits per heavy atom. The highest BCUT2D eigenvalue weighted by molar-refractivity contribution is 6.31. The quantitative estimate of drug-likeness (QED) is 0.904. The van der Waals surface area contributed by atoms with Crippen molar-refractivity contribution < 1.29 is 14.3 Å². The fourth-order valence-corrected chi connectivity index (χ4v) is 3.70. The number of anilines is 1. The molecule has 1 amide bonds. The second kappa shape index (κ2) is 5.41. The lowest BCUT2D eigenvalue weighted by molar-refractivity contribution is -0.116. The SMILES string of the molecule is CC(C)c1nn(C)c2c1C(c1cc3c(cc1Cl)OCO3)CC(=O)N2. The minimum atomic E-state index is -0.151. The molecule has 7 heteroatoms. The van der Waals surface area contributed by atoms with Gasteiger partial charge in [0.2, 0.25) is 12.7 Å². The molecule has 126 valence electrons. The highest BCUT2D eigenvalue weighted by Crippen LogP contribution is 2.46. The fraction of sp³-hybridized carbons (Fsp3) is 0.412. The minimum absolute atomic E-state index is 0.0421.